The first-order chi connectivity index (χ1) is 10.2. The van der Waals surface area contributed by atoms with Crippen LogP contribution in [0.1, 0.15) is 11.6 Å². The van der Waals surface area contributed by atoms with Crippen LogP contribution in [-0.4, -0.2) is 50.7 Å². The molecule has 0 aliphatic carbocycles. The van der Waals surface area contributed by atoms with E-state index in [2.05, 4.69) is 4.99 Å². The van der Waals surface area contributed by atoms with Crippen LogP contribution in [-0.2, 0) is 19.1 Å². The molecule has 0 spiro atoms. The zero-order valence-electron chi connectivity index (χ0n) is 11.7. The Morgan fingerprint density at radius 3 is 2.48 bits per heavy atom. The van der Waals surface area contributed by atoms with Crippen molar-refractivity contribution >= 4 is 12.0 Å². The third-order valence-corrected chi connectivity index (χ3v) is 2.54. The van der Waals surface area contributed by atoms with Gasteiger partial charge < -0.3 is 19.3 Å². The summed E-state index contributed by atoms with van der Waals surface area (Å²) in [7, 11) is 1.60. The molecule has 0 aliphatic rings. The molecule has 0 saturated carbocycles. The maximum absolute atomic E-state index is 10.9. The Kier molecular flexibility index (Phi) is 7.74. The summed E-state index contributed by atoms with van der Waals surface area (Å²) in [5.74, 6) is -0.633. The summed E-state index contributed by atoms with van der Waals surface area (Å²) < 4.78 is 15.5. The van der Waals surface area contributed by atoms with Crippen LogP contribution >= 0.6 is 0 Å². The highest BCUT2D eigenvalue weighted by Gasteiger charge is 2.18. The molecule has 0 fully saturated rings. The Morgan fingerprint density at radius 2 is 1.90 bits per heavy atom. The molecule has 0 amide bonds. The average molecular weight is 295 g/mol. The van der Waals surface area contributed by atoms with E-state index in [9.17, 15) is 9.59 Å². The van der Waals surface area contributed by atoms with Crippen molar-refractivity contribution in [3.05, 3.63) is 29.8 Å². The van der Waals surface area contributed by atoms with Gasteiger partial charge in [0.05, 0.1) is 19.8 Å². The van der Waals surface area contributed by atoms with E-state index in [4.69, 9.17) is 19.3 Å². The normalized spacial score (nSPS) is 11.5. The van der Waals surface area contributed by atoms with E-state index < -0.39 is 12.0 Å². The van der Waals surface area contributed by atoms with Gasteiger partial charge in [-0.3, -0.25) is 0 Å². The minimum atomic E-state index is -1.24. The Morgan fingerprint density at radius 1 is 1.24 bits per heavy atom. The molecule has 114 valence electrons. The van der Waals surface area contributed by atoms with Crippen LogP contribution in [0.5, 0.6) is 5.75 Å². The molecule has 0 saturated heterocycles. The first kappa shape index (κ1) is 16.8. The second kappa shape index (κ2) is 9.66. The van der Waals surface area contributed by atoms with Gasteiger partial charge in [-0.15, -0.1) is 0 Å². The number of ether oxygens (including phenoxy) is 3. The SMILES string of the molecule is COCCOCCOc1ccc(C(N=C=O)C(=O)O)cc1. The number of isocyanates is 1. The van der Waals surface area contributed by atoms with E-state index in [0.29, 0.717) is 37.7 Å². The smallest absolute Gasteiger partial charge is 0.334 e. The number of hydrogen-bond acceptors (Lipinski definition) is 6. The number of aliphatic imine (C=N–C) groups is 1. The van der Waals surface area contributed by atoms with Crippen molar-refractivity contribution in [2.45, 2.75) is 6.04 Å². The lowest BCUT2D eigenvalue weighted by Gasteiger charge is -2.09. The molecule has 1 aromatic carbocycles. The molecule has 0 radical (unpaired) electrons. The molecule has 1 rings (SSSR count). The van der Waals surface area contributed by atoms with Crippen LogP contribution in [0.3, 0.4) is 0 Å². The lowest BCUT2D eigenvalue weighted by molar-refractivity contribution is -0.138. The molecule has 1 unspecified atom stereocenters. The highest BCUT2D eigenvalue weighted by atomic mass is 16.5. The predicted octanol–water partition coefficient (Wildman–Crippen LogP) is 1.19. The number of carboxylic acids is 1. The zero-order valence-corrected chi connectivity index (χ0v) is 11.7. The van der Waals surface area contributed by atoms with E-state index >= 15 is 0 Å². The molecule has 1 N–H and O–H groups in total. The fourth-order valence-corrected chi connectivity index (χ4v) is 1.53. The number of nitrogens with zero attached hydrogens (tertiary/aromatic N) is 1. The standard InChI is InChI=1S/C14H17NO6/c1-19-6-7-20-8-9-21-12-4-2-11(3-5-12)13(14(17)18)15-10-16/h2-5,13H,6-9H2,1H3,(H,17,18). The summed E-state index contributed by atoms with van der Waals surface area (Å²) in [6.07, 6.45) is 1.26. The fourth-order valence-electron chi connectivity index (χ4n) is 1.53. The van der Waals surface area contributed by atoms with Gasteiger partial charge in [0.15, 0.2) is 6.04 Å². The second-order valence-electron chi connectivity index (χ2n) is 3.98. The number of carbonyl (C=O) groups is 1. The molecule has 0 bridgehead atoms. The van der Waals surface area contributed by atoms with Crippen LogP contribution in [0.15, 0.2) is 29.3 Å². The minimum absolute atomic E-state index is 0.373. The van der Waals surface area contributed by atoms with E-state index in [0.717, 1.165) is 0 Å². The van der Waals surface area contributed by atoms with Gasteiger partial charge in [0.2, 0.25) is 6.08 Å². The summed E-state index contributed by atoms with van der Waals surface area (Å²) >= 11 is 0. The molecule has 21 heavy (non-hydrogen) atoms. The van der Waals surface area contributed by atoms with Gasteiger partial charge in [0.1, 0.15) is 12.4 Å². The summed E-state index contributed by atoms with van der Waals surface area (Å²) in [5.41, 5.74) is 0.384. The second-order valence-corrected chi connectivity index (χ2v) is 3.98. The van der Waals surface area contributed by atoms with Gasteiger partial charge in [-0.25, -0.2) is 9.59 Å². The number of carboxylic acid groups (broad SMARTS) is 1. The van der Waals surface area contributed by atoms with Crippen LogP contribution in [0.25, 0.3) is 0 Å². The van der Waals surface area contributed by atoms with Crippen molar-refractivity contribution in [1.82, 2.24) is 0 Å². The summed E-state index contributed by atoms with van der Waals surface area (Å²) in [5, 5.41) is 8.94. The first-order valence-electron chi connectivity index (χ1n) is 6.28. The Labute approximate surface area is 122 Å². The average Bonchev–Trinajstić information content (AvgIpc) is 2.49. The highest BCUT2D eigenvalue weighted by Crippen LogP contribution is 2.20. The Hall–Kier alpha value is -2.21. The van der Waals surface area contributed by atoms with E-state index in [1.54, 1.807) is 31.4 Å². The monoisotopic (exact) mass is 295 g/mol. The van der Waals surface area contributed by atoms with Gasteiger partial charge in [0, 0.05) is 7.11 Å². The van der Waals surface area contributed by atoms with Crippen molar-refractivity contribution in [3.8, 4) is 5.75 Å². The van der Waals surface area contributed by atoms with Crippen LogP contribution in [0, 0.1) is 0 Å². The van der Waals surface area contributed by atoms with Gasteiger partial charge in [-0.05, 0) is 17.7 Å². The van der Waals surface area contributed by atoms with Gasteiger partial charge in [0.25, 0.3) is 0 Å². The number of aliphatic carboxylic acids is 1. The van der Waals surface area contributed by atoms with Crippen LogP contribution in [0.4, 0.5) is 0 Å². The van der Waals surface area contributed by atoms with E-state index in [-0.39, 0.29) is 0 Å². The molecule has 0 aliphatic heterocycles. The number of hydrogen-bond donors (Lipinski definition) is 1. The molecular formula is C14H17NO6. The molecule has 1 aromatic rings. The lowest BCUT2D eigenvalue weighted by atomic mass is 10.1. The number of carbonyl (C=O) groups excluding carboxylic acids is 1. The summed E-state index contributed by atoms with van der Waals surface area (Å²) in [6, 6.07) is 5.07. The van der Waals surface area contributed by atoms with E-state index in [1.165, 1.54) is 6.08 Å². The molecule has 7 nitrogen and oxygen atoms in total. The third-order valence-electron chi connectivity index (χ3n) is 2.54. The van der Waals surface area contributed by atoms with Crippen LogP contribution in [0.2, 0.25) is 0 Å². The lowest BCUT2D eigenvalue weighted by Crippen LogP contribution is -2.10. The van der Waals surface area contributed by atoms with Crippen molar-refractivity contribution < 1.29 is 28.9 Å². The van der Waals surface area contributed by atoms with Gasteiger partial charge in [-0.2, -0.15) is 4.99 Å². The summed E-state index contributed by atoms with van der Waals surface area (Å²) in [6.45, 7) is 1.83. The largest absolute Gasteiger partial charge is 0.491 e. The van der Waals surface area contributed by atoms with E-state index in [1.807, 2.05) is 0 Å². The summed E-state index contributed by atoms with van der Waals surface area (Å²) in [4.78, 5) is 24.4. The maximum Gasteiger partial charge on any atom is 0.334 e. The highest BCUT2D eigenvalue weighted by molar-refractivity contribution is 5.76. The molecule has 7 heteroatoms. The van der Waals surface area contributed by atoms with Crippen molar-refractivity contribution in [2.75, 3.05) is 33.5 Å². The number of benzene rings is 1. The quantitative estimate of drug-likeness (QED) is 0.396. The zero-order chi connectivity index (χ0) is 15.5. The van der Waals surface area contributed by atoms with Gasteiger partial charge >= 0.3 is 5.97 Å². The molecule has 1 atom stereocenters. The van der Waals surface area contributed by atoms with Gasteiger partial charge in [-0.1, -0.05) is 12.1 Å². The molecular weight excluding hydrogens is 278 g/mol. The van der Waals surface area contributed by atoms with Crippen molar-refractivity contribution in [1.29, 1.82) is 0 Å². The predicted molar refractivity (Wildman–Crippen MR) is 73.1 cm³/mol. The number of rotatable bonds is 10. The van der Waals surface area contributed by atoms with Crippen molar-refractivity contribution in [2.24, 2.45) is 4.99 Å². The maximum atomic E-state index is 10.9. The third kappa shape index (κ3) is 6.18. The van der Waals surface area contributed by atoms with Crippen molar-refractivity contribution in [3.63, 3.8) is 0 Å². The Bertz CT molecular complexity index is 479. The Balaban J connectivity index is 2.46. The topological polar surface area (TPSA) is 94.4 Å². The van der Waals surface area contributed by atoms with Crippen LogP contribution < -0.4 is 4.74 Å². The first-order valence-corrected chi connectivity index (χ1v) is 6.28. The fraction of sp³-hybridized carbons (Fsp3) is 0.429. The molecule has 0 heterocycles. The molecule has 0 aromatic heterocycles. The number of methoxy groups -OCH3 is 1. The minimum Gasteiger partial charge on any atom is -0.491 e.